The molecule has 0 aliphatic carbocycles. The number of fused-ring (bicyclic) bond motifs is 2. The van der Waals surface area contributed by atoms with Crippen LogP contribution in [0.1, 0.15) is 39.0 Å². The molecule has 0 saturated carbocycles. The SMILES string of the molecule is C[C@H]1CNC(=O)CC/C=C\CN(c2ccccc2Cl)C(=O)[C@H]2N(CCCCCO)C(=O)[C@@H]3[C@@H](C(=O)O1)[C@@H]1O[C@@]32C=C1Br. The lowest BCUT2D eigenvalue weighted by Crippen LogP contribution is -2.56. The van der Waals surface area contributed by atoms with Gasteiger partial charge in [0.15, 0.2) is 0 Å². The number of carbonyl (C=O) groups is 4. The van der Waals surface area contributed by atoms with E-state index in [-0.39, 0.29) is 44.5 Å². The second-order valence-corrected chi connectivity index (χ2v) is 12.4. The molecule has 2 fully saturated rings. The normalized spacial score (nSPS) is 32.5. The van der Waals surface area contributed by atoms with Gasteiger partial charge in [-0.2, -0.15) is 0 Å². The fourth-order valence-electron chi connectivity index (χ4n) is 6.38. The van der Waals surface area contributed by atoms with Gasteiger partial charge in [-0.25, -0.2) is 0 Å². The molecule has 2 saturated heterocycles. The fraction of sp³-hybridized carbons (Fsp3) is 0.533. The van der Waals surface area contributed by atoms with E-state index in [9.17, 15) is 24.3 Å². The molecule has 4 heterocycles. The third-order valence-electron chi connectivity index (χ3n) is 8.30. The second-order valence-electron chi connectivity index (χ2n) is 11.1. The number of hydrogen-bond donors (Lipinski definition) is 2. The van der Waals surface area contributed by atoms with E-state index >= 15 is 0 Å². The van der Waals surface area contributed by atoms with Crippen molar-refractivity contribution < 1.29 is 33.8 Å². The Morgan fingerprint density at radius 1 is 1.12 bits per heavy atom. The number of ether oxygens (including phenoxy) is 2. The number of rotatable bonds is 6. The van der Waals surface area contributed by atoms with E-state index in [1.54, 1.807) is 43.3 Å². The quantitative estimate of drug-likeness (QED) is 0.272. The van der Waals surface area contributed by atoms with E-state index in [1.165, 1.54) is 9.80 Å². The van der Waals surface area contributed by atoms with Gasteiger partial charge in [0.2, 0.25) is 11.8 Å². The van der Waals surface area contributed by atoms with Crippen molar-refractivity contribution in [3.05, 3.63) is 52.0 Å². The van der Waals surface area contributed by atoms with Crippen molar-refractivity contribution in [3.63, 3.8) is 0 Å². The summed E-state index contributed by atoms with van der Waals surface area (Å²) in [6.45, 7) is 2.24. The van der Waals surface area contributed by atoms with Gasteiger partial charge in [-0.1, -0.05) is 51.8 Å². The number of halogens is 2. The Morgan fingerprint density at radius 3 is 2.67 bits per heavy atom. The van der Waals surface area contributed by atoms with Gasteiger partial charge in [0, 0.05) is 30.6 Å². The molecule has 3 amide bonds. The number of carbonyl (C=O) groups excluding carboxylic acids is 4. The van der Waals surface area contributed by atoms with Crippen molar-refractivity contribution in [1.82, 2.24) is 10.2 Å². The lowest BCUT2D eigenvalue weighted by molar-refractivity contribution is -0.158. The molecule has 42 heavy (non-hydrogen) atoms. The number of nitrogens with zero attached hydrogens (tertiary/aromatic N) is 2. The number of allylic oxidation sites excluding steroid dienone is 1. The van der Waals surface area contributed by atoms with E-state index in [1.807, 2.05) is 6.08 Å². The van der Waals surface area contributed by atoms with Gasteiger partial charge in [-0.05, 0) is 50.8 Å². The topological polar surface area (TPSA) is 125 Å². The highest BCUT2D eigenvalue weighted by molar-refractivity contribution is 9.11. The van der Waals surface area contributed by atoms with Gasteiger partial charge < -0.3 is 29.7 Å². The first-order valence-electron chi connectivity index (χ1n) is 14.3. The number of amides is 3. The summed E-state index contributed by atoms with van der Waals surface area (Å²) in [4.78, 5) is 57.9. The van der Waals surface area contributed by atoms with Gasteiger partial charge in [0.25, 0.3) is 5.91 Å². The highest BCUT2D eigenvalue weighted by Gasteiger charge is 2.74. The first-order chi connectivity index (χ1) is 20.2. The number of aliphatic hydroxyl groups is 1. The number of nitrogens with one attached hydrogen (secondary N) is 1. The number of para-hydroxylation sites is 1. The first-order valence-corrected chi connectivity index (χ1v) is 15.5. The minimum atomic E-state index is -1.40. The van der Waals surface area contributed by atoms with Crippen molar-refractivity contribution in [1.29, 1.82) is 0 Å². The third-order valence-corrected chi connectivity index (χ3v) is 9.29. The van der Waals surface area contributed by atoms with E-state index < -0.39 is 47.6 Å². The summed E-state index contributed by atoms with van der Waals surface area (Å²) in [5, 5.41) is 12.4. The van der Waals surface area contributed by atoms with Crippen LogP contribution < -0.4 is 10.2 Å². The van der Waals surface area contributed by atoms with Crippen LogP contribution in [0, 0.1) is 11.8 Å². The molecule has 0 radical (unpaired) electrons. The Bertz CT molecular complexity index is 1310. The van der Waals surface area contributed by atoms with Gasteiger partial charge in [0.1, 0.15) is 29.8 Å². The Hall–Kier alpha value is -2.73. The molecule has 1 spiro atoms. The maximum Gasteiger partial charge on any atom is 0.313 e. The smallest absolute Gasteiger partial charge is 0.313 e. The Labute approximate surface area is 258 Å². The van der Waals surface area contributed by atoms with Crippen molar-refractivity contribution >= 4 is 56.9 Å². The number of cyclic esters (lactones) is 1. The van der Waals surface area contributed by atoms with Crippen molar-refractivity contribution in [2.45, 2.75) is 62.9 Å². The van der Waals surface area contributed by atoms with Crippen LogP contribution in [0.4, 0.5) is 5.69 Å². The fourth-order valence-corrected chi connectivity index (χ4v) is 7.35. The standard InChI is InChI=1S/C30H35BrClN3O7/c1-18-17-33-22(37)12-4-2-7-13-34(21-11-6-5-10-20(21)32)28(39)26-30-16-19(31)25(42-30)23(29(40)41-18)24(30)27(38)35(26)14-8-3-9-15-36/h2,5-7,10-11,16,18,23-26,36H,3-4,8-9,12-15,17H2,1H3,(H,33,37)/b7-2-/t18-,23+,24-,25+,26+,30-/m0/s1. The van der Waals surface area contributed by atoms with Gasteiger partial charge >= 0.3 is 5.97 Å². The molecule has 0 aromatic heterocycles. The van der Waals surface area contributed by atoms with Crippen LogP contribution in [0.2, 0.25) is 5.02 Å². The zero-order valence-corrected chi connectivity index (χ0v) is 25.7. The summed E-state index contributed by atoms with van der Waals surface area (Å²) in [5.74, 6) is -3.50. The van der Waals surface area contributed by atoms with E-state index in [0.29, 0.717) is 40.9 Å². The minimum Gasteiger partial charge on any atom is -0.460 e. The second kappa shape index (κ2) is 12.9. The van der Waals surface area contributed by atoms with Gasteiger partial charge in [0.05, 0.1) is 23.2 Å². The number of anilines is 1. The van der Waals surface area contributed by atoms with Crippen LogP contribution in [0.15, 0.2) is 47.0 Å². The van der Waals surface area contributed by atoms with Crippen molar-refractivity contribution in [2.24, 2.45) is 11.8 Å². The van der Waals surface area contributed by atoms with Crippen LogP contribution >= 0.6 is 27.5 Å². The molecule has 5 rings (SSSR count). The Morgan fingerprint density at radius 2 is 1.90 bits per heavy atom. The summed E-state index contributed by atoms with van der Waals surface area (Å²) in [6.07, 6.45) is 6.44. The van der Waals surface area contributed by atoms with E-state index in [2.05, 4.69) is 21.2 Å². The number of benzene rings is 1. The highest BCUT2D eigenvalue weighted by atomic mass is 79.9. The van der Waals surface area contributed by atoms with Crippen LogP contribution in [0.5, 0.6) is 0 Å². The summed E-state index contributed by atoms with van der Waals surface area (Å²) in [5.41, 5.74) is -0.926. The summed E-state index contributed by atoms with van der Waals surface area (Å²) in [7, 11) is 0. The highest BCUT2D eigenvalue weighted by Crippen LogP contribution is 2.59. The maximum atomic E-state index is 14.7. The molecule has 4 aliphatic heterocycles. The molecule has 5 bridgehead atoms. The van der Waals surface area contributed by atoms with Crippen LogP contribution in [-0.2, 0) is 28.7 Å². The predicted molar refractivity (Wildman–Crippen MR) is 159 cm³/mol. The summed E-state index contributed by atoms with van der Waals surface area (Å²) < 4.78 is 12.8. The Kier molecular flexibility index (Phi) is 9.41. The number of hydrogen-bond acceptors (Lipinski definition) is 7. The zero-order chi connectivity index (χ0) is 30.0. The largest absolute Gasteiger partial charge is 0.460 e. The van der Waals surface area contributed by atoms with Gasteiger partial charge in [-0.15, -0.1) is 0 Å². The lowest BCUT2D eigenvalue weighted by Gasteiger charge is -2.36. The molecule has 226 valence electrons. The number of aliphatic hydroxyl groups excluding tert-OH is 1. The zero-order valence-electron chi connectivity index (χ0n) is 23.3. The molecule has 2 N–H and O–H groups in total. The van der Waals surface area contributed by atoms with Crippen LogP contribution in [0.3, 0.4) is 0 Å². The average molecular weight is 665 g/mol. The van der Waals surface area contributed by atoms with Crippen LogP contribution in [0.25, 0.3) is 0 Å². The first kappa shape index (κ1) is 30.7. The average Bonchev–Trinajstić information content (AvgIpc) is 3.55. The Balaban J connectivity index is 1.60. The maximum absolute atomic E-state index is 14.7. The van der Waals surface area contributed by atoms with Crippen LogP contribution in [-0.4, -0.2) is 83.8 Å². The van der Waals surface area contributed by atoms with Crippen molar-refractivity contribution in [3.8, 4) is 0 Å². The molecular weight excluding hydrogens is 630 g/mol. The predicted octanol–water partition coefficient (Wildman–Crippen LogP) is 3.11. The molecule has 1 aromatic carbocycles. The molecule has 6 atom stereocenters. The van der Waals surface area contributed by atoms with E-state index in [4.69, 9.17) is 21.1 Å². The molecular formula is C30H35BrClN3O7. The monoisotopic (exact) mass is 663 g/mol. The lowest BCUT2D eigenvalue weighted by atomic mass is 9.74. The molecule has 4 aliphatic rings. The number of unbranched alkanes of at least 4 members (excludes halogenated alkanes) is 2. The van der Waals surface area contributed by atoms with Gasteiger partial charge in [-0.3, -0.25) is 19.2 Å². The summed E-state index contributed by atoms with van der Waals surface area (Å²) >= 11 is 10.1. The van der Waals surface area contributed by atoms with E-state index in [0.717, 1.165) is 0 Å². The minimum absolute atomic E-state index is 0.0303. The van der Waals surface area contributed by atoms with Crippen molar-refractivity contribution in [2.75, 3.05) is 31.1 Å². The molecule has 12 heteroatoms. The molecule has 10 nitrogen and oxygen atoms in total. The number of likely N-dealkylation sites (tertiary alicyclic amines) is 1. The summed E-state index contributed by atoms with van der Waals surface area (Å²) in [6, 6.07) is 5.90. The third kappa shape index (κ3) is 5.64. The molecule has 0 unspecified atom stereocenters. The number of esters is 1. The molecule has 1 aromatic rings.